The van der Waals surface area contributed by atoms with Gasteiger partial charge in [-0.05, 0) is 31.2 Å². The topological polar surface area (TPSA) is 51.8 Å². The second kappa shape index (κ2) is 9.68. The molecule has 4 rings (SSSR count). The van der Waals surface area contributed by atoms with E-state index in [1.807, 2.05) is 91.9 Å². The molecule has 0 atom stereocenters. The van der Waals surface area contributed by atoms with Gasteiger partial charge in [0, 0.05) is 11.1 Å². The van der Waals surface area contributed by atoms with Crippen molar-refractivity contribution in [3.8, 4) is 28.3 Å². The maximum Gasteiger partial charge on any atom is 0.158 e. The van der Waals surface area contributed by atoms with Gasteiger partial charge >= 0.3 is 0 Å². The lowest BCUT2D eigenvalue weighted by Crippen LogP contribution is -2.05. The van der Waals surface area contributed by atoms with E-state index in [1.54, 1.807) is 4.68 Å². The van der Waals surface area contributed by atoms with Crippen LogP contribution in [-0.4, -0.2) is 20.7 Å². The molecule has 0 fully saturated rings. The van der Waals surface area contributed by atoms with Crippen molar-refractivity contribution in [2.45, 2.75) is 6.92 Å². The van der Waals surface area contributed by atoms with Crippen molar-refractivity contribution < 1.29 is 4.74 Å². The van der Waals surface area contributed by atoms with Crippen LogP contribution in [0.25, 0.3) is 22.5 Å². The van der Waals surface area contributed by atoms with E-state index in [0.717, 1.165) is 22.6 Å². The Labute approximate surface area is 191 Å². The number of hydrogen-bond acceptors (Lipinski definition) is 5. The van der Waals surface area contributed by atoms with Crippen molar-refractivity contribution in [2.75, 3.05) is 6.61 Å². The minimum atomic E-state index is 0.332. The van der Waals surface area contributed by atoms with Gasteiger partial charge < -0.3 is 4.74 Å². The fraction of sp³-hybridized carbons (Fsp3) is 0.0833. The molecule has 0 aliphatic carbocycles. The Morgan fingerprint density at radius 3 is 2.10 bits per heavy atom. The zero-order valence-electron chi connectivity index (χ0n) is 16.8. The summed E-state index contributed by atoms with van der Waals surface area (Å²) in [6.45, 7) is 2.57. The predicted octanol–water partition coefficient (Wildman–Crippen LogP) is 7.09. The van der Waals surface area contributed by atoms with Crippen LogP contribution in [0.15, 0.2) is 95.2 Å². The van der Waals surface area contributed by atoms with Crippen molar-refractivity contribution in [3.05, 3.63) is 84.9 Å². The summed E-state index contributed by atoms with van der Waals surface area (Å²) < 4.78 is 7.46. The van der Waals surface area contributed by atoms with Gasteiger partial charge in [0.15, 0.2) is 4.32 Å². The molecule has 0 unspecified atom stereocenters. The van der Waals surface area contributed by atoms with E-state index >= 15 is 0 Å². The van der Waals surface area contributed by atoms with Crippen molar-refractivity contribution in [2.24, 2.45) is 10.2 Å². The van der Waals surface area contributed by atoms with Crippen LogP contribution < -0.4 is 4.74 Å². The van der Waals surface area contributed by atoms with Crippen LogP contribution in [0.1, 0.15) is 6.92 Å². The molecule has 0 radical (unpaired) electrons. The Balaban J connectivity index is 1.86. The molecule has 5 nitrogen and oxygen atoms in total. The smallest absolute Gasteiger partial charge is 0.158 e. The first-order chi connectivity index (χ1) is 15.2. The molecule has 0 saturated heterocycles. The van der Waals surface area contributed by atoms with Gasteiger partial charge in [-0.25, -0.2) is 4.68 Å². The number of ether oxygens (including phenoxy) is 1. The number of thiol groups is 1. The van der Waals surface area contributed by atoms with Gasteiger partial charge in [-0.1, -0.05) is 72.9 Å². The highest BCUT2D eigenvalue weighted by Gasteiger charge is 2.22. The molecule has 1 aromatic heterocycles. The molecule has 0 N–H and O–H groups in total. The largest absolute Gasteiger partial charge is 0.494 e. The first-order valence-electron chi connectivity index (χ1n) is 9.79. The summed E-state index contributed by atoms with van der Waals surface area (Å²) in [5.74, 6) is 0.796. The summed E-state index contributed by atoms with van der Waals surface area (Å²) in [5.41, 5.74) is 4.61. The lowest BCUT2D eigenvalue weighted by atomic mass is 10.1. The maximum atomic E-state index is 5.50. The molecule has 4 aromatic rings. The van der Waals surface area contributed by atoms with Crippen LogP contribution in [0.3, 0.4) is 0 Å². The van der Waals surface area contributed by atoms with E-state index in [4.69, 9.17) is 22.1 Å². The quantitative estimate of drug-likeness (QED) is 0.196. The minimum absolute atomic E-state index is 0.332. The summed E-state index contributed by atoms with van der Waals surface area (Å²) in [6, 6.07) is 27.2. The molecule has 7 heteroatoms. The number of hydrogen-bond donors (Lipinski definition) is 1. The monoisotopic (exact) mass is 444 g/mol. The van der Waals surface area contributed by atoms with Gasteiger partial charge in [0.1, 0.15) is 22.8 Å². The van der Waals surface area contributed by atoms with Crippen molar-refractivity contribution in [1.82, 2.24) is 9.78 Å². The second-order valence-corrected chi connectivity index (χ2v) is 7.71. The van der Waals surface area contributed by atoms with Crippen LogP contribution in [0, 0.1) is 0 Å². The van der Waals surface area contributed by atoms with Crippen LogP contribution in [0.4, 0.5) is 11.4 Å². The van der Waals surface area contributed by atoms with Gasteiger partial charge in [-0.15, -0.1) is 17.7 Å². The highest BCUT2D eigenvalue weighted by Crippen LogP contribution is 2.40. The summed E-state index contributed by atoms with van der Waals surface area (Å²) in [4.78, 5) is 0. The number of nitrogens with zero attached hydrogens (tertiary/aromatic N) is 4. The Bertz CT molecular complexity index is 1200. The molecular weight excluding hydrogens is 424 g/mol. The Hall–Kier alpha value is -3.29. The Morgan fingerprint density at radius 1 is 0.903 bits per heavy atom. The van der Waals surface area contributed by atoms with Crippen molar-refractivity contribution in [1.29, 1.82) is 0 Å². The van der Waals surface area contributed by atoms with Gasteiger partial charge in [-0.3, -0.25) is 0 Å². The number of thiocarbonyl (C=S) groups is 1. The molecular formula is C24H20N4OS2. The first-order valence-corrected chi connectivity index (χ1v) is 10.6. The van der Waals surface area contributed by atoms with Crippen LogP contribution in [0.5, 0.6) is 5.75 Å². The molecule has 0 aliphatic rings. The third kappa shape index (κ3) is 4.73. The van der Waals surface area contributed by atoms with E-state index in [1.165, 1.54) is 0 Å². The van der Waals surface area contributed by atoms with Crippen LogP contribution in [-0.2, 0) is 0 Å². The van der Waals surface area contributed by atoms with E-state index in [2.05, 4.69) is 22.9 Å². The molecule has 154 valence electrons. The fourth-order valence-corrected chi connectivity index (χ4v) is 3.45. The SMILES string of the molecule is CCOc1ccc(N=Nc2c(-c3ccccc3)nn(C(=S)S)c2-c2ccccc2)cc1. The Kier molecular flexibility index (Phi) is 6.54. The van der Waals surface area contributed by atoms with Crippen LogP contribution >= 0.6 is 24.8 Å². The molecule has 1 heterocycles. The second-order valence-electron chi connectivity index (χ2n) is 6.60. The predicted molar refractivity (Wildman–Crippen MR) is 132 cm³/mol. The van der Waals surface area contributed by atoms with E-state index in [9.17, 15) is 0 Å². The lowest BCUT2D eigenvalue weighted by Gasteiger charge is -2.05. The van der Waals surface area contributed by atoms with Gasteiger partial charge in [0.25, 0.3) is 0 Å². The fourth-order valence-electron chi connectivity index (χ4n) is 3.17. The van der Waals surface area contributed by atoms with Gasteiger partial charge in [0.05, 0.1) is 12.3 Å². The lowest BCUT2D eigenvalue weighted by molar-refractivity contribution is 0.340. The number of benzene rings is 3. The third-order valence-electron chi connectivity index (χ3n) is 4.55. The highest BCUT2D eigenvalue weighted by molar-refractivity contribution is 8.11. The average Bonchev–Trinajstić information content (AvgIpc) is 3.20. The van der Waals surface area contributed by atoms with E-state index < -0.39 is 0 Å². The summed E-state index contributed by atoms with van der Waals surface area (Å²) >= 11 is 9.76. The molecule has 0 bridgehead atoms. The number of rotatable bonds is 6. The summed E-state index contributed by atoms with van der Waals surface area (Å²) in [5, 5.41) is 13.8. The van der Waals surface area contributed by atoms with E-state index in [-0.39, 0.29) is 0 Å². The standard InChI is InChI=1S/C24H20N4OS2/c1-2-29-20-15-13-19(14-16-20)25-26-22-21(17-9-5-3-6-10-17)27-28(24(30)31)23(22)18-11-7-4-8-12-18/h3-16H,2H2,1H3,(H,30,31). The molecule has 31 heavy (non-hydrogen) atoms. The van der Waals surface area contributed by atoms with E-state index in [0.29, 0.717) is 28.0 Å². The molecule has 0 aliphatic heterocycles. The normalized spacial score (nSPS) is 11.0. The first kappa shape index (κ1) is 21.0. The van der Waals surface area contributed by atoms with Crippen molar-refractivity contribution in [3.63, 3.8) is 0 Å². The molecule has 0 saturated carbocycles. The maximum absolute atomic E-state index is 5.50. The zero-order valence-corrected chi connectivity index (χ0v) is 18.6. The molecule has 3 aromatic carbocycles. The third-order valence-corrected chi connectivity index (χ3v) is 4.91. The minimum Gasteiger partial charge on any atom is -0.494 e. The Morgan fingerprint density at radius 2 is 1.52 bits per heavy atom. The van der Waals surface area contributed by atoms with Gasteiger partial charge in [0.2, 0.25) is 0 Å². The molecule has 0 amide bonds. The van der Waals surface area contributed by atoms with Gasteiger partial charge in [-0.2, -0.15) is 10.2 Å². The highest BCUT2D eigenvalue weighted by atomic mass is 32.1. The van der Waals surface area contributed by atoms with Crippen LogP contribution in [0.2, 0.25) is 0 Å². The number of azo groups is 1. The summed E-state index contributed by atoms with van der Waals surface area (Å²) in [7, 11) is 0. The number of aromatic nitrogens is 2. The average molecular weight is 445 g/mol. The zero-order chi connectivity index (χ0) is 21.6. The summed E-state index contributed by atoms with van der Waals surface area (Å²) in [6.07, 6.45) is 0. The molecule has 0 spiro atoms. The van der Waals surface area contributed by atoms with Crippen molar-refractivity contribution >= 4 is 40.5 Å².